The minimum Gasteiger partial charge on any atom is -0.696 e. The van der Waals surface area contributed by atoms with Crippen molar-refractivity contribution in [3.05, 3.63) is 0 Å². The maximum absolute atomic E-state index is 7.13. The van der Waals surface area contributed by atoms with E-state index in [1.165, 1.54) is 16.2 Å². The zero-order chi connectivity index (χ0) is 8.12. The van der Waals surface area contributed by atoms with Crippen molar-refractivity contribution in [2.75, 3.05) is 0 Å². The van der Waals surface area contributed by atoms with Gasteiger partial charge in [-0.3, -0.25) is 0 Å². The van der Waals surface area contributed by atoms with E-state index < -0.39 is 0 Å². The Bertz CT molecular complexity index is 117. The molecule has 0 heterocycles. The molecule has 0 saturated heterocycles. The van der Waals surface area contributed by atoms with Crippen LogP contribution in [-0.4, -0.2) is 0 Å². The molecule has 0 aliphatic carbocycles. The zero-order valence-corrected chi connectivity index (χ0v) is 11.6. The van der Waals surface area contributed by atoms with Crippen LogP contribution in [0.5, 0.6) is 0 Å². The van der Waals surface area contributed by atoms with Crippen molar-refractivity contribution in [2.45, 2.75) is 0 Å². The van der Waals surface area contributed by atoms with Gasteiger partial charge in [0, 0.05) is 0 Å². The van der Waals surface area contributed by atoms with E-state index in [9.17, 15) is 0 Å². The fourth-order valence-electron chi connectivity index (χ4n) is 0. The van der Waals surface area contributed by atoms with Crippen LogP contribution in [0.3, 0.4) is 0 Å². The molecule has 0 aliphatic heterocycles. The molecule has 0 fully saturated rings. The molecule has 0 N–H and O–H groups in total. The number of hydrogen-bond donors (Lipinski definition) is 0. The fourth-order valence-corrected chi connectivity index (χ4v) is 0. The fraction of sp³-hybridized carbons (Fsp3) is 0. The van der Waals surface area contributed by atoms with Gasteiger partial charge in [-0.2, -0.15) is 0 Å². The summed E-state index contributed by atoms with van der Waals surface area (Å²) in [6.45, 7) is 0. The van der Waals surface area contributed by atoms with E-state index in [1.807, 2.05) is 0 Å². The maximum Gasteiger partial charge on any atom is 2.00 e. The second-order valence-corrected chi connectivity index (χ2v) is 0.822. The summed E-state index contributed by atoms with van der Waals surface area (Å²) >= 11 is 11.1. The molecule has 3 nitrogen and oxygen atoms in total. The van der Waals surface area contributed by atoms with Gasteiger partial charge in [0.2, 0.25) is 0 Å². The Labute approximate surface area is 117 Å². The van der Waals surface area contributed by atoms with Crippen molar-refractivity contribution >= 4 is 37.9 Å². The summed E-state index contributed by atoms with van der Waals surface area (Å²) in [5.41, 5.74) is 0. The molecule has 0 unspecified atom stereocenters. The number of nitriles is 3. The van der Waals surface area contributed by atoms with Gasteiger partial charge in [0.1, 0.15) is 0 Å². The molecule has 0 spiro atoms. The summed E-state index contributed by atoms with van der Waals surface area (Å²) in [4.78, 5) is 0. The second kappa shape index (κ2) is 72.6. The molecule has 0 radical (unpaired) electrons. The van der Waals surface area contributed by atoms with Gasteiger partial charge in [-0.25, -0.2) is 15.8 Å². The Balaban J connectivity index is -0.0000000150. The third-order valence-electron chi connectivity index (χ3n) is 0. The van der Waals surface area contributed by atoms with Crippen molar-refractivity contribution in [1.82, 2.24) is 0 Å². The molecule has 0 atom stereocenters. The molecule has 0 aromatic rings. The molecular weight excluding hydrogens is 298 g/mol. The third kappa shape index (κ3) is 1450. The predicted octanol–water partition coefficient (Wildman–Crippen LogP) is -2.96. The van der Waals surface area contributed by atoms with Crippen molar-refractivity contribution in [2.24, 2.45) is 0 Å². The molecule has 0 aromatic carbocycles. The molecule has 0 aromatic heterocycles. The molecule has 0 aliphatic rings. The summed E-state index contributed by atoms with van der Waals surface area (Å²) in [6, 6.07) is 0. The Morgan fingerprint density at radius 1 is 0.727 bits per heavy atom. The maximum atomic E-state index is 7.13. The van der Waals surface area contributed by atoms with E-state index in [-0.39, 0.29) is 49.0 Å². The monoisotopic (exact) mass is 299 g/mol. The third-order valence-corrected chi connectivity index (χ3v) is 0. The Kier molecular flexibility index (Phi) is 197. The standard InChI is InChI=1S/3CHNS.Na.Ru/c3*2-1-3;;/h3*3H;;/q;;;+1;+2/p-3. The molecule has 0 rings (SSSR count). The predicted molar refractivity (Wildman–Crippen MR) is 38.9 cm³/mol. The second-order valence-electron chi connectivity index (χ2n) is 0.274. The van der Waals surface area contributed by atoms with Gasteiger partial charge in [0.05, 0.1) is 0 Å². The first kappa shape index (κ1) is 29.8. The molecule has 0 amide bonds. The average molecular weight is 298 g/mol. The largest absolute Gasteiger partial charge is 2.00 e. The van der Waals surface area contributed by atoms with E-state index in [0.717, 1.165) is 0 Å². The van der Waals surface area contributed by atoms with E-state index >= 15 is 0 Å². The van der Waals surface area contributed by atoms with Crippen LogP contribution in [0.25, 0.3) is 0 Å². The summed E-state index contributed by atoms with van der Waals surface area (Å²) < 4.78 is 0. The van der Waals surface area contributed by atoms with Gasteiger partial charge in [-0.15, -0.1) is 0 Å². The van der Waals surface area contributed by atoms with Crippen molar-refractivity contribution in [1.29, 1.82) is 15.8 Å². The van der Waals surface area contributed by atoms with Crippen molar-refractivity contribution < 1.29 is 49.0 Å². The molecule has 11 heavy (non-hydrogen) atoms. The van der Waals surface area contributed by atoms with E-state index in [0.29, 0.717) is 0 Å². The van der Waals surface area contributed by atoms with Gasteiger partial charge in [0.15, 0.2) is 0 Å². The quantitative estimate of drug-likeness (QED) is 0.270. The van der Waals surface area contributed by atoms with Gasteiger partial charge in [0.25, 0.3) is 0 Å². The van der Waals surface area contributed by atoms with Crippen LogP contribution < -0.4 is 29.6 Å². The average Bonchev–Trinajstić information content (AvgIpc) is 1.70. The normalized spacial score (nSPS) is 1.91. The minimum atomic E-state index is 0. The molecule has 54 valence electrons. The van der Waals surface area contributed by atoms with E-state index in [4.69, 9.17) is 15.8 Å². The molecule has 0 bridgehead atoms. The number of nitrogens with zero attached hydrogens (tertiary/aromatic N) is 3. The van der Waals surface area contributed by atoms with Crippen LogP contribution in [0.15, 0.2) is 0 Å². The molecule has 0 saturated carbocycles. The summed E-state index contributed by atoms with van der Waals surface area (Å²) in [7, 11) is 0. The topological polar surface area (TPSA) is 71.4 Å². The van der Waals surface area contributed by atoms with E-state index in [2.05, 4.69) is 37.9 Å². The van der Waals surface area contributed by atoms with Crippen LogP contribution in [0, 0.1) is 32.0 Å². The summed E-state index contributed by atoms with van der Waals surface area (Å²) in [5, 5.41) is 25.4. The Hall–Kier alpha value is 0.753. The van der Waals surface area contributed by atoms with Crippen LogP contribution in [-0.2, 0) is 57.4 Å². The first-order valence-electron chi connectivity index (χ1n) is 1.28. The van der Waals surface area contributed by atoms with Crippen LogP contribution in [0.1, 0.15) is 0 Å². The van der Waals surface area contributed by atoms with Gasteiger partial charge >= 0.3 is 49.0 Å². The molecular formula is C3N3NaRuS3. The molecule has 8 heteroatoms. The Morgan fingerprint density at radius 3 is 0.727 bits per heavy atom. The number of hydrogen-bond acceptors (Lipinski definition) is 6. The zero-order valence-electron chi connectivity index (χ0n) is 5.42. The van der Waals surface area contributed by atoms with E-state index in [1.54, 1.807) is 0 Å². The van der Waals surface area contributed by atoms with Gasteiger partial charge in [-0.05, 0) is 0 Å². The van der Waals surface area contributed by atoms with Crippen LogP contribution >= 0.6 is 0 Å². The smallest absolute Gasteiger partial charge is 0.696 e. The number of thiocyanates is 3. The minimum absolute atomic E-state index is 0. The van der Waals surface area contributed by atoms with Gasteiger partial charge in [-0.1, -0.05) is 16.2 Å². The van der Waals surface area contributed by atoms with Gasteiger partial charge < -0.3 is 37.9 Å². The summed E-state index contributed by atoms with van der Waals surface area (Å²) in [5.74, 6) is 0. The Morgan fingerprint density at radius 2 is 0.727 bits per heavy atom. The number of rotatable bonds is 0. The SMILES string of the molecule is N#C[S-].N#C[S-].N#C[S-].[Na+].[Ru+2]. The summed E-state index contributed by atoms with van der Waals surface area (Å²) in [6.07, 6.45) is 0. The van der Waals surface area contributed by atoms with Crippen LogP contribution in [0.4, 0.5) is 0 Å². The van der Waals surface area contributed by atoms with Crippen molar-refractivity contribution in [3.63, 3.8) is 0 Å². The first-order valence-corrected chi connectivity index (χ1v) is 2.51. The van der Waals surface area contributed by atoms with Crippen molar-refractivity contribution in [3.8, 4) is 16.2 Å². The van der Waals surface area contributed by atoms with Crippen LogP contribution in [0.2, 0.25) is 0 Å². The first-order chi connectivity index (χ1) is 4.24.